The van der Waals surface area contributed by atoms with E-state index in [1.54, 1.807) is 4.90 Å². The van der Waals surface area contributed by atoms with Gasteiger partial charge in [-0.3, -0.25) is 23.7 Å². The summed E-state index contributed by atoms with van der Waals surface area (Å²) in [5, 5.41) is 2.90. The first-order chi connectivity index (χ1) is 22.2. The van der Waals surface area contributed by atoms with Crippen LogP contribution in [0.2, 0.25) is 0 Å². The highest BCUT2D eigenvalue weighted by atomic mass is 32.1. The SMILES string of the molecule is CC(=O)N1CC[C@H]2CC[C@@H](C(=O)N3C[C@@H](C)C3c3ccccc3)N2C(=O)C(NC(=O)c2cc3cc(C(F)(F)P(=O)(O)O)ccc3s2)C1. The lowest BCUT2D eigenvalue weighted by Gasteiger charge is -2.49. The molecule has 2 unspecified atom stereocenters. The van der Waals surface area contributed by atoms with Crippen LogP contribution in [-0.2, 0) is 24.6 Å². The molecular weight excluding hydrogens is 653 g/mol. The maximum absolute atomic E-state index is 14.3. The molecule has 6 rings (SSSR count). The number of halogens is 2. The number of alkyl halides is 2. The maximum atomic E-state index is 14.3. The van der Waals surface area contributed by atoms with Gasteiger partial charge in [0.2, 0.25) is 17.7 Å². The number of hydrogen-bond acceptors (Lipinski definition) is 6. The van der Waals surface area contributed by atoms with Gasteiger partial charge in [0.1, 0.15) is 12.1 Å². The number of nitrogens with one attached hydrogen (secondary N) is 1. The number of benzene rings is 2. The number of hydrogen-bond donors (Lipinski definition) is 3. The second-order valence-corrected chi connectivity index (χ2v) is 15.3. The molecule has 15 heteroatoms. The van der Waals surface area contributed by atoms with E-state index < -0.39 is 42.7 Å². The summed E-state index contributed by atoms with van der Waals surface area (Å²) in [6, 6.07) is 11.8. The van der Waals surface area contributed by atoms with Gasteiger partial charge in [-0.2, -0.15) is 8.78 Å². The predicted molar refractivity (Wildman–Crippen MR) is 170 cm³/mol. The van der Waals surface area contributed by atoms with Crippen molar-refractivity contribution < 1.29 is 42.3 Å². The van der Waals surface area contributed by atoms with Gasteiger partial charge in [-0.05, 0) is 54.3 Å². The molecule has 250 valence electrons. The van der Waals surface area contributed by atoms with Gasteiger partial charge in [0.05, 0.1) is 10.9 Å². The zero-order valence-electron chi connectivity index (χ0n) is 25.7. The summed E-state index contributed by atoms with van der Waals surface area (Å²) in [6.45, 7) is 4.26. The largest absolute Gasteiger partial charge is 0.399 e. The van der Waals surface area contributed by atoms with Gasteiger partial charge in [-0.15, -0.1) is 11.3 Å². The summed E-state index contributed by atoms with van der Waals surface area (Å²) in [7, 11) is -5.79. The van der Waals surface area contributed by atoms with E-state index in [1.807, 2.05) is 35.2 Å². The molecule has 0 saturated carbocycles. The van der Waals surface area contributed by atoms with E-state index in [9.17, 15) is 32.5 Å². The van der Waals surface area contributed by atoms with Gasteiger partial charge in [0.25, 0.3) is 5.91 Å². The molecule has 11 nitrogen and oxygen atoms in total. The average molecular weight is 689 g/mol. The highest BCUT2D eigenvalue weighted by molar-refractivity contribution is 7.52. The third-order valence-corrected chi connectivity index (χ3v) is 11.6. The molecule has 3 saturated heterocycles. The highest BCUT2D eigenvalue weighted by Crippen LogP contribution is 2.59. The van der Waals surface area contributed by atoms with Crippen LogP contribution in [0.5, 0.6) is 0 Å². The molecule has 0 aliphatic carbocycles. The standard InChI is InChI=1S/C32H35F2N4O7PS/c1-18-16-37(28(18)20-6-4-3-5-7-20)31(42)25-10-9-23-12-13-36(19(2)39)17-24(30(41)38(23)25)35-29(40)27-15-21-14-22(8-11-26(21)47-27)32(33,34)46(43,44)45/h3-8,11,14-15,18,23-25,28H,9-10,12-13,16-17H2,1-2H3,(H,35,40)(H2,43,44,45)/t18-,23-,24?,25+,28?/m1/s1. The van der Waals surface area contributed by atoms with E-state index in [0.717, 1.165) is 29.0 Å². The zero-order valence-corrected chi connectivity index (χ0v) is 27.4. The van der Waals surface area contributed by atoms with Gasteiger partial charge in [-0.25, -0.2) is 0 Å². The topological polar surface area (TPSA) is 148 Å². The monoisotopic (exact) mass is 688 g/mol. The first kappa shape index (κ1) is 33.2. The van der Waals surface area contributed by atoms with Gasteiger partial charge in [0, 0.05) is 42.9 Å². The van der Waals surface area contributed by atoms with E-state index in [1.165, 1.54) is 24.0 Å². The molecule has 3 aliphatic rings. The van der Waals surface area contributed by atoms with Crippen LogP contribution in [0.3, 0.4) is 0 Å². The van der Waals surface area contributed by atoms with E-state index >= 15 is 0 Å². The fraction of sp³-hybridized carbons (Fsp3) is 0.438. The second kappa shape index (κ2) is 12.4. The summed E-state index contributed by atoms with van der Waals surface area (Å²) in [4.78, 5) is 77.5. The third-order valence-electron chi connectivity index (χ3n) is 9.46. The number of amides is 4. The van der Waals surface area contributed by atoms with Crippen LogP contribution in [0, 0.1) is 5.92 Å². The van der Waals surface area contributed by atoms with Crippen molar-refractivity contribution in [1.82, 2.24) is 20.0 Å². The highest BCUT2D eigenvalue weighted by Gasteiger charge is 2.51. The van der Waals surface area contributed by atoms with Gasteiger partial charge >= 0.3 is 13.3 Å². The molecule has 4 amide bonds. The van der Waals surface area contributed by atoms with Crippen LogP contribution in [-0.4, -0.2) is 85.9 Å². The number of rotatable bonds is 6. The Balaban J connectivity index is 1.25. The summed E-state index contributed by atoms with van der Waals surface area (Å²) < 4.78 is 40.5. The molecule has 3 fully saturated rings. The molecule has 3 aromatic rings. The normalized spacial score (nSPS) is 25.2. The van der Waals surface area contributed by atoms with Crippen LogP contribution in [0.25, 0.3) is 10.1 Å². The van der Waals surface area contributed by atoms with Crippen molar-refractivity contribution >= 4 is 52.6 Å². The maximum Gasteiger partial charge on any atom is 0.399 e. The average Bonchev–Trinajstić information content (AvgIpc) is 3.63. The Kier molecular flexibility index (Phi) is 8.75. The molecule has 0 bridgehead atoms. The predicted octanol–water partition coefficient (Wildman–Crippen LogP) is 4.06. The van der Waals surface area contributed by atoms with Gasteiger partial charge in [0.15, 0.2) is 0 Å². The quantitative estimate of drug-likeness (QED) is 0.331. The van der Waals surface area contributed by atoms with Crippen molar-refractivity contribution in [2.24, 2.45) is 5.92 Å². The molecule has 0 radical (unpaired) electrons. The Bertz CT molecular complexity index is 1780. The van der Waals surface area contributed by atoms with Crippen LogP contribution in [0.1, 0.15) is 60.0 Å². The number of carbonyl (C=O) groups is 4. The molecule has 3 N–H and O–H groups in total. The van der Waals surface area contributed by atoms with E-state index in [-0.39, 0.29) is 46.6 Å². The Morgan fingerprint density at radius 1 is 1.02 bits per heavy atom. The number of thiophene rings is 1. The Labute approximate surface area is 273 Å². The minimum atomic E-state index is -5.79. The van der Waals surface area contributed by atoms with Crippen molar-refractivity contribution in [3.8, 4) is 0 Å². The number of likely N-dealkylation sites (tertiary alicyclic amines) is 1. The summed E-state index contributed by atoms with van der Waals surface area (Å²) >= 11 is 0.959. The van der Waals surface area contributed by atoms with Gasteiger partial charge in [-0.1, -0.05) is 43.3 Å². The fourth-order valence-electron chi connectivity index (χ4n) is 7.02. The van der Waals surface area contributed by atoms with Crippen molar-refractivity contribution in [3.63, 3.8) is 0 Å². The van der Waals surface area contributed by atoms with Crippen LogP contribution < -0.4 is 5.32 Å². The summed E-state index contributed by atoms with van der Waals surface area (Å²) in [5.74, 6) is -1.32. The van der Waals surface area contributed by atoms with E-state index in [0.29, 0.717) is 37.1 Å². The number of carbonyl (C=O) groups excluding carboxylic acids is 4. The molecule has 5 atom stereocenters. The first-order valence-electron chi connectivity index (χ1n) is 15.4. The van der Waals surface area contributed by atoms with E-state index in [2.05, 4.69) is 12.2 Å². The molecule has 2 aromatic carbocycles. The zero-order chi connectivity index (χ0) is 33.8. The van der Waals surface area contributed by atoms with Crippen molar-refractivity contribution in [2.75, 3.05) is 19.6 Å². The number of fused-ring (bicyclic) bond motifs is 2. The molecule has 3 aliphatic heterocycles. The Morgan fingerprint density at radius 2 is 1.74 bits per heavy atom. The number of nitrogens with zero attached hydrogens (tertiary/aromatic N) is 3. The first-order valence-corrected chi connectivity index (χ1v) is 17.8. The summed E-state index contributed by atoms with van der Waals surface area (Å²) in [5.41, 5.74) is -4.28. The fourth-order valence-corrected chi connectivity index (χ4v) is 8.44. The lowest BCUT2D eigenvalue weighted by Crippen LogP contribution is -2.63. The molecule has 4 heterocycles. The van der Waals surface area contributed by atoms with Gasteiger partial charge < -0.3 is 29.8 Å². The minimum absolute atomic E-state index is 0.0757. The van der Waals surface area contributed by atoms with Crippen molar-refractivity contribution in [3.05, 3.63) is 70.6 Å². The third kappa shape index (κ3) is 6.08. The summed E-state index contributed by atoms with van der Waals surface area (Å²) in [6.07, 6.45) is 1.53. The molecule has 0 spiro atoms. The molecular formula is C32H35F2N4O7PS. The molecule has 47 heavy (non-hydrogen) atoms. The van der Waals surface area contributed by atoms with Crippen LogP contribution in [0.4, 0.5) is 8.78 Å². The lowest BCUT2D eigenvalue weighted by atomic mass is 9.84. The lowest BCUT2D eigenvalue weighted by molar-refractivity contribution is -0.156. The Morgan fingerprint density at radius 3 is 2.40 bits per heavy atom. The smallest absolute Gasteiger partial charge is 0.340 e. The second-order valence-electron chi connectivity index (χ2n) is 12.5. The minimum Gasteiger partial charge on any atom is -0.340 e. The molecule has 1 aromatic heterocycles. The van der Waals surface area contributed by atoms with Crippen LogP contribution >= 0.6 is 18.9 Å². The van der Waals surface area contributed by atoms with Crippen molar-refractivity contribution in [2.45, 2.75) is 62.9 Å². The van der Waals surface area contributed by atoms with Crippen LogP contribution in [0.15, 0.2) is 54.6 Å². The Hall–Kier alpha value is -3.71. The van der Waals surface area contributed by atoms with E-state index in [4.69, 9.17) is 9.79 Å². The van der Waals surface area contributed by atoms with Crippen molar-refractivity contribution in [1.29, 1.82) is 0 Å².